The van der Waals surface area contributed by atoms with Crippen molar-refractivity contribution in [3.63, 3.8) is 0 Å². The lowest BCUT2D eigenvalue weighted by molar-refractivity contribution is -0.119. The van der Waals surface area contributed by atoms with Crippen LogP contribution in [-0.2, 0) is 9.53 Å². The first-order chi connectivity index (χ1) is 16.1. The molecule has 0 radical (unpaired) electrons. The Balaban J connectivity index is 1.59. The summed E-state index contributed by atoms with van der Waals surface area (Å²) in [6.45, 7) is -0.516. The molecule has 4 rings (SSSR count). The number of amides is 1. The Labute approximate surface area is 203 Å². The first-order valence-electron chi connectivity index (χ1n) is 9.97. The molecule has 0 fully saturated rings. The Bertz CT molecular complexity index is 1320. The van der Waals surface area contributed by atoms with Crippen LogP contribution < -0.4 is 5.32 Å². The number of nitriles is 1. The van der Waals surface area contributed by atoms with Crippen LogP contribution in [0.5, 0.6) is 0 Å². The van der Waals surface area contributed by atoms with Crippen LogP contribution in [0.3, 0.4) is 0 Å². The van der Waals surface area contributed by atoms with Crippen molar-refractivity contribution in [3.05, 3.63) is 99.6 Å². The molecule has 33 heavy (non-hydrogen) atoms. The summed E-state index contributed by atoms with van der Waals surface area (Å²) in [6.07, 6.45) is 0. The fraction of sp³-hybridized carbons (Fsp3) is 0.0385. The number of rotatable bonds is 6. The summed E-state index contributed by atoms with van der Waals surface area (Å²) in [7, 11) is 0. The number of anilines is 1. The number of carbonyl (C=O) groups is 2. The molecule has 1 amide bonds. The summed E-state index contributed by atoms with van der Waals surface area (Å²) in [5.74, 6) is -0.759. The number of carbonyl (C=O) groups excluding carboxylic acids is 2. The highest BCUT2D eigenvalue weighted by molar-refractivity contribution is 14.1. The van der Waals surface area contributed by atoms with Crippen molar-refractivity contribution in [1.29, 1.82) is 5.26 Å². The van der Waals surface area contributed by atoms with Gasteiger partial charge in [0.15, 0.2) is 6.61 Å². The van der Waals surface area contributed by atoms with Crippen molar-refractivity contribution in [3.8, 4) is 28.5 Å². The van der Waals surface area contributed by atoms with Gasteiger partial charge in [-0.05, 0) is 52.4 Å². The average molecular weight is 548 g/mol. The third-order valence-corrected chi connectivity index (χ3v) is 5.50. The Hall–Kier alpha value is -3.90. The van der Waals surface area contributed by atoms with E-state index in [-0.39, 0.29) is 11.4 Å². The highest BCUT2D eigenvalue weighted by atomic mass is 127. The number of hydrogen-bond donors (Lipinski definition) is 1. The van der Waals surface area contributed by atoms with Gasteiger partial charge in [0.05, 0.1) is 5.56 Å². The molecule has 0 saturated heterocycles. The molecular formula is C26H17IN2O4. The monoisotopic (exact) mass is 548 g/mol. The van der Waals surface area contributed by atoms with Crippen molar-refractivity contribution < 1.29 is 18.7 Å². The largest absolute Gasteiger partial charge is 0.452 e. The highest BCUT2D eigenvalue weighted by Gasteiger charge is 2.24. The minimum absolute atomic E-state index is 0.00511. The molecule has 0 spiro atoms. The molecule has 0 aliphatic heterocycles. The standard InChI is InChI=1S/C26H17IN2O4/c27-20-13-11-19(12-14-20)26(31)32-16-22(30)29-25-21(15-28)23(17-7-3-1-4-8-17)24(33-25)18-9-5-2-6-10-18/h1-14H,16H2,(H,29,30). The normalized spacial score (nSPS) is 10.3. The number of nitrogens with one attached hydrogen (secondary N) is 1. The summed E-state index contributed by atoms with van der Waals surface area (Å²) in [5, 5.41) is 12.4. The van der Waals surface area contributed by atoms with E-state index in [4.69, 9.17) is 9.15 Å². The molecule has 7 heteroatoms. The van der Waals surface area contributed by atoms with Crippen molar-refractivity contribution in [1.82, 2.24) is 0 Å². The van der Waals surface area contributed by atoms with Gasteiger partial charge in [0.2, 0.25) is 5.88 Å². The van der Waals surface area contributed by atoms with E-state index in [2.05, 4.69) is 34.0 Å². The highest BCUT2D eigenvalue weighted by Crippen LogP contribution is 2.41. The van der Waals surface area contributed by atoms with Crippen LogP contribution in [0, 0.1) is 14.9 Å². The predicted molar refractivity (Wildman–Crippen MR) is 132 cm³/mol. The van der Waals surface area contributed by atoms with Crippen molar-refractivity contribution >= 4 is 40.4 Å². The fourth-order valence-electron chi connectivity index (χ4n) is 3.26. The number of halogens is 1. The number of ether oxygens (including phenoxy) is 1. The molecule has 0 bridgehead atoms. The molecule has 0 aliphatic carbocycles. The second-order valence-electron chi connectivity index (χ2n) is 6.99. The summed E-state index contributed by atoms with van der Waals surface area (Å²) < 4.78 is 12.0. The number of nitrogens with zero attached hydrogens (tertiary/aromatic N) is 1. The van der Waals surface area contributed by atoms with E-state index in [1.54, 1.807) is 24.3 Å². The second kappa shape index (κ2) is 10.1. The average Bonchev–Trinajstić information content (AvgIpc) is 3.22. The predicted octanol–water partition coefficient (Wildman–Crippen LogP) is 5.89. The van der Waals surface area contributed by atoms with Gasteiger partial charge in [-0.3, -0.25) is 10.1 Å². The second-order valence-corrected chi connectivity index (χ2v) is 8.23. The summed E-state index contributed by atoms with van der Waals surface area (Å²) >= 11 is 2.13. The van der Waals surface area contributed by atoms with E-state index in [1.165, 1.54) is 0 Å². The van der Waals surface area contributed by atoms with Gasteiger partial charge in [-0.2, -0.15) is 5.26 Å². The maximum absolute atomic E-state index is 12.5. The van der Waals surface area contributed by atoms with Crippen molar-refractivity contribution in [2.45, 2.75) is 0 Å². The smallest absolute Gasteiger partial charge is 0.338 e. The van der Waals surface area contributed by atoms with E-state index >= 15 is 0 Å². The van der Waals surface area contributed by atoms with E-state index < -0.39 is 18.5 Å². The fourth-order valence-corrected chi connectivity index (χ4v) is 3.62. The lowest BCUT2D eigenvalue weighted by Gasteiger charge is -2.05. The maximum atomic E-state index is 12.5. The SMILES string of the molecule is N#Cc1c(NC(=O)COC(=O)c2ccc(I)cc2)oc(-c2ccccc2)c1-c1ccccc1. The van der Waals surface area contributed by atoms with Gasteiger partial charge < -0.3 is 9.15 Å². The van der Waals surface area contributed by atoms with Gasteiger partial charge in [-0.25, -0.2) is 4.79 Å². The van der Waals surface area contributed by atoms with Crippen LogP contribution in [0.15, 0.2) is 89.3 Å². The van der Waals surface area contributed by atoms with E-state index in [9.17, 15) is 14.9 Å². The molecule has 0 saturated carbocycles. The quantitative estimate of drug-likeness (QED) is 0.240. The first kappa shape index (κ1) is 22.3. The topological polar surface area (TPSA) is 92.3 Å². The van der Waals surface area contributed by atoms with Crippen LogP contribution in [0.1, 0.15) is 15.9 Å². The first-order valence-corrected chi connectivity index (χ1v) is 11.0. The molecule has 0 atom stereocenters. The minimum atomic E-state index is -0.614. The number of hydrogen-bond acceptors (Lipinski definition) is 5. The molecular weight excluding hydrogens is 531 g/mol. The summed E-state index contributed by atoms with van der Waals surface area (Å²) in [6, 6.07) is 27.6. The zero-order chi connectivity index (χ0) is 23.2. The van der Waals surface area contributed by atoms with E-state index in [1.807, 2.05) is 60.7 Å². The Morgan fingerprint density at radius 2 is 1.52 bits per heavy atom. The van der Waals surface area contributed by atoms with Gasteiger partial charge in [0.1, 0.15) is 17.4 Å². The van der Waals surface area contributed by atoms with Gasteiger partial charge >= 0.3 is 5.97 Å². The molecule has 1 aromatic heterocycles. The molecule has 0 aliphatic rings. The maximum Gasteiger partial charge on any atom is 0.338 e. The van der Waals surface area contributed by atoms with E-state index in [0.29, 0.717) is 16.9 Å². The molecule has 3 aromatic carbocycles. The zero-order valence-corrected chi connectivity index (χ0v) is 19.4. The van der Waals surface area contributed by atoms with Crippen LogP contribution in [0.4, 0.5) is 5.88 Å². The lowest BCUT2D eigenvalue weighted by atomic mass is 9.98. The number of esters is 1. The molecule has 162 valence electrons. The number of benzene rings is 3. The Morgan fingerprint density at radius 1 is 0.909 bits per heavy atom. The minimum Gasteiger partial charge on any atom is -0.452 e. The van der Waals surface area contributed by atoms with Crippen molar-refractivity contribution in [2.75, 3.05) is 11.9 Å². The molecule has 1 heterocycles. The van der Waals surface area contributed by atoms with Gasteiger partial charge in [-0.1, -0.05) is 60.7 Å². The molecule has 6 nitrogen and oxygen atoms in total. The van der Waals surface area contributed by atoms with Crippen molar-refractivity contribution in [2.24, 2.45) is 0 Å². The summed E-state index contributed by atoms with van der Waals surface area (Å²) in [4.78, 5) is 24.7. The van der Waals surface area contributed by atoms with Crippen LogP contribution in [0.2, 0.25) is 0 Å². The van der Waals surface area contributed by atoms with Crippen LogP contribution in [-0.4, -0.2) is 18.5 Å². The Kier molecular flexibility index (Phi) is 6.86. The van der Waals surface area contributed by atoms with Gasteiger partial charge in [0.25, 0.3) is 5.91 Å². The van der Waals surface area contributed by atoms with Gasteiger partial charge in [0, 0.05) is 14.7 Å². The summed E-state index contributed by atoms with van der Waals surface area (Å²) in [5.41, 5.74) is 2.66. The third kappa shape index (κ3) is 5.13. The molecule has 1 N–H and O–H groups in total. The van der Waals surface area contributed by atoms with Crippen LogP contribution in [0.25, 0.3) is 22.5 Å². The zero-order valence-electron chi connectivity index (χ0n) is 17.2. The Morgan fingerprint density at radius 3 is 2.12 bits per heavy atom. The van der Waals surface area contributed by atoms with E-state index in [0.717, 1.165) is 14.7 Å². The third-order valence-electron chi connectivity index (χ3n) is 4.79. The lowest BCUT2D eigenvalue weighted by Crippen LogP contribution is -2.21. The van der Waals surface area contributed by atoms with Gasteiger partial charge in [-0.15, -0.1) is 0 Å². The molecule has 4 aromatic rings. The molecule has 0 unspecified atom stereocenters. The van der Waals surface area contributed by atoms with Crippen LogP contribution >= 0.6 is 22.6 Å². The number of furan rings is 1.